The Morgan fingerprint density at radius 3 is 2.72 bits per heavy atom. The summed E-state index contributed by atoms with van der Waals surface area (Å²) in [5.74, 6) is 0.186. The minimum atomic E-state index is 0.186. The van der Waals surface area contributed by atoms with Crippen molar-refractivity contribution >= 4 is 5.91 Å². The van der Waals surface area contributed by atoms with Crippen LogP contribution in [0.2, 0.25) is 0 Å². The number of nitrogens with two attached hydrogens (primary N) is 1. The lowest BCUT2D eigenvalue weighted by atomic mass is 9.95. The van der Waals surface area contributed by atoms with Crippen molar-refractivity contribution in [1.29, 1.82) is 0 Å². The first-order valence-corrected chi connectivity index (χ1v) is 7.26. The van der Waals surface area contributed by atoms with Gasteiger partial charge in [-0.25, -0.2) is 0 Å². The standard InChI is InChI=1S/C14H29N3O/c1-4-7-12-8-5-6-9-17(12)13(11-15)10-14(18)16(2)3/h12-13H,4-11,15H2,1-3H3. The Bertz CT molecular complexity index is 253. The van der Waals surface area contributed by atoms with Crippen molar-refractivity contribution in [3.63, 3.8) is 0 Å². The molecule has 0 aliphatic carbocycles. The van der Waals surface area contributed by atoms with Crippen LogP contribution < -0.4 is 5.73 Å². The zero-order valence-corrected chi connectivity index (χ0v) is 12.2. The smallest absolute Gasteiger partial charge is 0.223 e. The molecule has 0 aromatic rings. The van der Waals surface area contributed by atoms with Crippen LogP contribution in [0.15, 0.2) is 0 Å². The third-order valence-electron chi connectivity index (χ3n) is 3.94. The van der Waals surface area contributed by atoms with Gasteiger partial charge in [-0.05, 0) is 25.8 Å². The summed E-state index contributed by atoms with van der Waals surface area (Å²) in [6, 6.07) is 0.851. The van der Waals surface area contributed by atoms with E-state index in [9.17, 15) is 4.79 Å². The van der Waals surface area contributed by atoms with Gasteiger partial charge in [0.05, 0.1) is 0 Å². The van der Waals surface area contributed by atoms with Crippen LogP contribution >= 0.6 is 0 Å². The number of piperidine rings is 1. The van der Waals surface area contributed by atoms with E-state index in [1.54, 1.807) is 4.90 Å². The molecular weight excluding hydrogens is 226 g/mol. The van der Waals surface area contributed by atoms with Crippen LogP contribution in [0, 0.1) is 0 Å². The van der Waals surface area contributed by atoms with Crippen LogP contribution in [-0.4, -0.2) is 55.0 Å². The number of hydrogen-bond acceptors (Lipinski definition) is 3. The quantitative estimate of drug-likeness (QED) is 0.781. The van der Waals surface area contributed by atoms with Crippen molar-refractivity contribution in [3.8, 4) is 0 Å². The Labute approximate surface area is 111 Å². The fraction of sp³-hybridized carbons (Fsp3) is 0.929. The van der Waals surface area contributed by atoms with Crippen molar-refractivity contribution in [3.05, 3.63) is 0 Å². The molecule has 4 nitrogen and oxygen atoms in total. The van der Waals surface area contributed by atoms with E-state index in [1.807, 2.05) is 14.1 Å². The summed E-state index contributed by atoms with van der Waals surface area (Å²) >= 11 is 0. The number of likely N-dealkylation sites (tertiary alicyclic amines) is 1. The van der Waals surface area contributed by atoms with Crippen molar-refractivity contribution in [2.24, 2.45) is 5.73 Å². The highest BCUT2D eigenvalue weighted by Gasteiger charge is 2.29. The highest BCUT2D eigenvalue weighted by atomic mass is 16.2. The van der Waals surface area contributed by atoms with Crippen molar-refractivity contribution in [2.75, 3.05) is 27.2 Å². The van der Waals surface area contributed by atoms with Gasteiger partial charge in [-0.3, -0.25) is 9.69 Å². The summed E-state index contributed by atoms with van der Waals surface area (Å²) in [7, 11) is 3.63. The monoisotopic (exact) mass is 255 g/mol. The minimum absolute atomic E-state index is 0.186. The molecule has 0 saturated carbocycles. The molecule has 0 radical (unpaired) electrons. The van der Waals surface area contributed by atoms with Crippen LogP contribution in [0.1, 0.15) is 45.4 Å². The van der Waals surface area contributed by atoms with E-state index >= 15 is 0 Å². The third kappa shape index (κ3) is 4.25. The van der Waals surface area contributed by atoms with Gasteiger partial charge in [0, 0.05) is 39.1 Å². The molecular formula is C14H29N3O. The molecule has 1 saturated heterocycles. The van der Waals surface area contributed by atoms with Crippen molar-refractivity contribution in [1.82, 2.24) is 9.80 Å². The molecule has 2 atom stereocenters. The second kappa shape index (κ2) is 7.74. The molecule has 1 aliphatic heterocycles. The van der Waals surface area contributed by atoms with E-state index in [-0.39, 0.29) is 11.9 Å². The molecule has 0 bridgehead atoms. The van der Waals surface area contributed by atoms with Gasteiger partial charge in [0.15, 0.2) is 0 Å². The number of amides is 1. The first kappa shape index (κ1) is 15.4. The zero-order valence-electron chi connectivity index (χ0n) is 12.2. The van der Waals surface area contributed by atoms with Gasteiger partial charge in [-0.2, -0.15) is 0 Å². The molecule has 1 heterocycles. The van der Waals surface area contributed by atoms with Gasteiger partial charge < -0.3 is 10.6 Å². The van der Waals surface area contributed by atoms with Gasteiger partial charge in [0.2, 0.25) is 5.91 Å². The van der Waals surface area contributed by atoms with Crippen LogP contribution in [0.4, 0.5) is 0 Å². The fourth-order valence-corrected chi connectivity index (χ4v) is 2.87. The van der Waals surface area contributed by atoms with Gasteiger partial charge in [-0.1, -0.05) is 19.8 Å². The molecule has 18 heavy (non-hydrogen) atoms. The Morgan fingerprint density at radius 2 is 2.17 bits per heavy atom. The van der Waals surface area contributed by atoms with E-state index in [2.05, 4.69) is 11.8 Å². The number of carbonyl (C=O) groups is 1. The summed E-state index contributed by atoms with van der Waals surface area (Å²) in [6.07, 6.45) is 6.82. The lowest BCUT2D eigenvalue weighted by molar-refractivity contribution is -0.130. The molecule has 1 fully saturated rings. The largest absolute Gasteiger partial charge is 0.349 e. The predicted molar refractivity (Wildman–Crippen MR) is 75.4 cm³/mol. The lowest BCUT2D eigenvalue weighted by Crippen LogP contribution is -2.51. The number of rotatable bonds is 6. The van der Waals surface area contributed by atoms with E-state index in [1.165, 1.54) is 32.1 Å². The average molecular weight is 255 g/mol. The normalized spacial score (nSPS) is 22.8. The maximum absolute atomic E-state index is 11.9. The second-order valence-corrected chi connectivity index (χ2v) is 5.56. The first-order chi connectivity index (χ1) is 8.60. The zero-order chi connectivity index (χ0) is 13.5. The number of carbonyl (C=O) groups excluding carboxylic acids is 1. The van der Waals surface area contributed by atoms with E-state index in [4.69, 9.17) is 5.73 Å². The summed E-state index contributed by atoms with van der Waals surface area (Å²) in [4.78, 5) is 16.0. The molecule has 106 valence electrons. The average Bonchev–Trinajstić information content (AvgIpc) is 2.37. The topological polar surface area (TPSA) is 49.6 Å². The van der Waals surface area contributed by atoms with E-state index < -0.39 is 0 Å². The SMILES string of the molecule is CCCC1CCCCN1C(CN)CC(=O)N(C)C. The van der Waals surface area contributed by atoms with Crippen LogP contribution in [0.5, 0.6) is 0 Å². The predicted octanol–water partition coefficient (Wildman–Crippen LogP) is 1.45. The molecule has 0 aromatic carbocycles. The third-order valence-corrected chi connectivity index (χ3v) is 3.94. The molecule has 1 amide bonds. The highest BCUT2D eigenvalue weighted by Crippen LogP contribution is 2.24. The molecule has 1 rings (SSSR count). The van der Waals surface area contributed by atoms with Crippen LogP contribution in [0.3, 0.4) is 0 Å². The van der Waals surface area contributed by atoms with Crippen molar-refractivity contribution in [2.45, 2.75) is 57.5 Å². The molecule has 0 spiro atoms. The lowest BCUT2D eigenvalue weighted by Gasteiger charge is -2.41. The summed E-state index contributed by atoms with van der Waals surface area (Å²) in [5.41, 5.74) is 5.90. The Balaban J connectivity index is 2.62. The van der Waals surface area contributed by atoms with Crippen LogP contribution in [-0.2, 0) is 4.79 Å². The highest BCUT2D eigenvalue weighted by molar-refractivity contribution is 5.76. The van der Waals surface area contributed by atoms with Gasteiger partial charge >= 0.3 is 0 Å². The van der Waals surface area contributed by atoms with E-state index in [0.717, 1.165) is 6.54 Å². The maximum Gasteiger partial charge on any atom is 0.223 e. The second-order valence-electron chi connectivity index (χ2n) is 5.56. The van der Waals surface area contributed by atoms with Gasteiger partial charge in [0.25, 0.3) is 0 Å². The molecule has 2 N–H and O–H groups in total. The summed E-state index contributed by atoms with van der Waals surface area (Å²) in [6.45, 7) is 3.92. The fourth-order valence-electron chi connectivity index (χ4n) is 2.87. The van der Waals surface area contributed by atoms with Crippen molar-refractivity contribution < 1.29 is 4.79 Å². The first-order valence-electron chi connectivity index (χ1n) is 7.26. The molecule has 2 unspecified atom stereocenters. The summed E-state index contributed by atoms with van der Waals surface area (Å²) < 4.78 is 0. The van der Waals surface area contributed by atoms with Gasteiger partial charge in [-0.15, -0.1) is 0 Å². The molecule has 1 aliphatic rings. The van der Waals surface area contributed by atoms with E-state index in [0.29, 0.717) is 19.0 Å². The Kier molecular flexibility index (Phi) is 6.65. The number of hydrogen-bond donors (Lipinski definition) is 1. The van der Waals surface area contributed by atoms with Crippen LogP contribution in [0.25, 0.3) is 0 Å². The van der Waals surface area contributed by atoms with Gasteiger partial charge in [0.1, 0.15) is 0 Å². The molecule has 4 heteroatoms. The Morgan fingerprint density at radius 1 is 1.44 bits per heavy atom. The minimum Gasteiger partial charge on any atom is -0.349 e. The Hall–Kier alpha value is -0.610. The number of nitrogens with zero attached hydrogens (tertiary/aromatic N) is 2. The maximum atomic E-state index is 11.9. The summed E-state index contributed by atoms with van der Waals surface area (Å²) in [5, 5.41) is 0. The molecule has 0 aromatic heterocycles.